The van der Waals surface area contributed by atoms with E-state index in [0.717, 1.165) is 30.1 Å². The molecule has 0 spiro atoms. The maximum atomic E-state index is 12.1. The monoisotopic (exact) mass is 363 g/mol. The van der Waals surface area contributed by atoms with Crippen molar-refractivity contribution in [2.24, 2.45) is 0 Å². The third-order valence-electron chi connectivity index (χ3n) is 4.38. The Bertz CT molecular complexity index is 859. The van der Waals surface area contributed by atoms with Gasteiger partial charge in [0, 0.05) is 31.9 Å². The van der Waals surface area contributed by atoms with E-state index in [1.54, 1.807) is 6.20 Å². The first kappa shape index (κ1) is 18.7. The molecule has 140 valence electrons. The molecular weight excluding hydrogens is 338 g/mol. The van der Waals surface area contributed by atoms with Crippen LogP contribution in [0, 0.1) is 0 Å². The van der Waals surface area contributed by atoms with E-state index in [4.69, 9.17) is 4.74 Å². The molecular formula is C22H25N3O2. The summed E-state index contributed by atoms with van der Waals surface area (Å²) in [7, 11) is 0. The Morgan fingerprint density at radius 1 is 1.11 bits per heavy atom. The van der Waals surface area contributed by atoms with Gasteiger partial charge in [-0.15, -0.1) is 0 Å². The van der Waals surface area contributed by atoms with Crippen LogP contribution in [0.15, 0.2) is 67.0 Å². The highest BCUT2D eigenvalue weighted by molar-refractivity contribution is 5.77. The van der Waals surface area contributed by atoms with E-state index in [0.29, 0.717) is 13.0 Å². The zero-order valence-electron chi connectivity index (χ0n) is 15.6. The molecule has 0 saturated carbocycles. The fraction of sp³-hybridized carbons (Fsp3) is 0.273. The molecule has 2 aromatic carbocycles. The summed E-state index contributed by atoms with van der Waals surface area (Å²) in [6.45, 7) is 3.40. The fourth-order valence-electron chi connectivity index (χ4n) is 2.94. The Morgan fingerprint density at radius 2 is 1.89 bits per heavy atom. The number of amides is 1. The molecule has 5 heteroatoms. The molecule has 0 atom stereocenters. The summed E-state index contributed by atoms with van der Waals surface area (Å²) in [5.41, 5.74) is 2.33. The summed E-state index contributed by atoms with van der Waals surface area (Å²) in [4.78, 5) is 16.5. The van der Waals surface area contributed by atoms with Gasteiger partial charge in [-0.3, -0.25) is 4.79 Å². The molecule has 0 unspecified atom stereocenters. The Balaban J connectivity index is 1.45. The average molecular weight is 363 g/mol. The van der Waals surface area contributed by atoms with Crippen LogP contribution in [0.5, 0.6) is 5.75 Å². The number of hydrogen-bond donors (Lipinski definition) is 1. The molecule has 1 aromatic heterocycles. The lowest BCUT2D eigenvalue weighted by molar-refractivity contribution is -0.123. The van der Waals surface area contributed by atoms with Crippen LogP contribution in [-0.2, 0) is 24.2 Å². The van der Waals surface area contributed by atoms with E-state index >= 15 is 0 Å². The summed E-state index contributed by atoms with van der Waals surface area (Å²) in [5.74, 6) is 1.60. The first-order valence-electron chi connectivity index (χ1n) is 9.27. The number of aryl methyl sites for hydroxylation is 1. The second-order valence-electron chi connectivity index (χ2n) is 6.31. The fourth-order valence-corrected chi connectivity index (χ4v) is 2.94. The number of nitrogens with zero attached hydrogens (tertiary/aromatic N) is 2. The van der Waals surface area contributed by atoms with Gasteiger partial charge in [0.1, 0.15) is 11.6 Å². The van der Waals surface area contributed by atoms with Crippen molar-refractivity contribution in [1.29, 1.82) is 0 Å². The van der Waals surface area contributed by atoms with Crippen molar-refractivity contribution in [3.63, 3.8) is 0 Å². The molecule has 0 bridgehead atoms. The number of rotatable bonds is 9. The van der Waals surface area contributed by atoms with Crippen LogP contribution >= 0.6 is 0 Å². The normalized spacial score (nSPS) is 10.6. The molecule has 0 aliphatic heterocycles. The molecule has 0 fully saturated rings. The quantitative estimate of drug-likeness (QED) is 0.635. The van der Waals surface area contributed by atoms with Crippen molar-refractivity contribution in [1.82, 2.24) is 14.9 Å². The molecule has 0 aliphatic rings. The Hall–Kier alpha value is -3.08. The van der Waals surface area contributed by atoms with Gasteiger partial charge in [-0.05, 0) is 23.6 Å². The zero-order valence-corrected chi connectivity index (χ0v) is 15.6. The summed E-state index contributed by atoms with van der Waals surface area (Å²) in [6, 6.07) is 18.1. The van der Waals surface area contributed by atoms with Crippen LogP contribution in [0.1, 0.15) is 23.9 Å². The van der Waals surface area contributed by atoms with E-state index in [2.05, 4.69) is 33.9 Å². The highest BCUT2D eigenvalue weighted by Gasteiger charge is 2.07. The van der Waals surface area contributed by atoms with Gasteiger partial charge < -0.3 is 14.6 Å². The van der Waals surface area contributed by atoms with Crippen molar-refractivity contribution < 1.29 is 9.53 Å². The number of ether oxygens (including phenoxy) is 1. The van der Waals surface area contributed by atoms with Gasteiger partial charge in [0.05, 0.1) is 0 Å². The van der Waals surface area contributed by atoms with Crippen molar-refractivity contribution in [3.8, 4) is 5.75 Å². The molecule has 0 aliphatic carbocycles. The Morgan fingerprint density at radius 3 is 2.70 bits per heavy atom. The van der Waals surface area contributed by atoms with E-state index in [-0.39, 0.29) is 12.5 Å². The van der Waals surface area contributed by atoms with Crippen molar-refractivity contribution >= 4 is 5.91 Å². The number of aromatic nitrogens is 2. The number of carbonyl (C=O) groups excluding carboxylic acids is 1. The average Bonchev–Trinajstić information content (AvgIpc) is 3.14. The lowest BCUT2D eigenvalue weighted by Gasteiger charge is -2.11. The van der Waals surface area contributed by atoms with Crippen molar-refractivity contribution in [2.45, 2.75) is 26.3 Å². The summed E-state index contributed by atoms with van der Waals surface area (Å²) in [6.07, 6.45) is 5.32. The van der Waals surface area contributed by atoms with Crippen LogP contribution in [0.4, 0.5) is 0 Å². The maximum absolute atomic E-state index is 12.1. The van der Waals surface area contributed by atoms with Gasteiger partial charge in [-0.25, -0.2) is 4.98 Å². The topological polar surface area (TPSA) is 56.1 Å². The second kappa shape index (κ2) is 9.57. The lowest BCUT2D eigenvalue weighted by atomic mass is 10.1. The van der Waals surface area contributed by atoms with Crippen LogP contribution in [-0.4, -0.2) is 28.6 Å². The summed E-state index contributed by atoms with van der Waals surface area (Å²) >= 11 is 0. The minimum atomic E-state index is -0.123. The highest BCUT2D eigenvalue weighted by Crippen LogP contribution is 2.17. The number of benzene rings is 2. The van der Waals surface area contributed by atoms with Gasteiger partial charge in [0.15, 0.2) is 6.61 Å². The lowest BCUT2D eigenvalue weighted by Crippen LogP contribution is -2.31. The molecule has 1 amide bonds. The van der Waals surface area contributed by atoms with Crippen LogP contribution in [0.2, 0.25) is 0 Å². The van der Waals surface area contributed by atoms with E-state index in [9.17, 15) is 4.79 Å². The van der Waals surface area contributed by atoms with Crippen LogP contribution < -0.4 is 10.1 Å². The van der Waals surface area contributed by atoms with Gasteiger partial charge in [0.2, 0.25) is 0 Å². The van der Waals surface area contributed by atoms with Gasteiger partial charge in [0.25, 0.3) is 5.91 Å². The third kappa shape index (κ3) is 5.45. The van der Waals surface area contributed by atoms with Gasteiger partial charge >= 0.3 is 0 Å². The van der Waals surface area contributed by atoms with Gasteiger partial charge in [-0.2, -0.15) is 0 Å². The number of hydrogen-bond acceptors (Lipinski definition) is 3. The molecule has 0 saturated heterocycles. The molecule has 3 aromatic rings. The van der Waals surface area contributed by atoms with Crippen molar-refractivity contribution in [3.05, 3.63) is 83.9 Å². The predicted octanol–water partition coefficient (Wildman–Crippen LogP) is 3.23. The zero-order chi connectivity index (χ0) is 18.9. The van der Waals surface area contributed by atoms with Crippen LogP contribution in [0.3, 0.4) is 0 Å². The Labute approximate surface area is 160 Å². The first-order valence-corrected chi connectivity index (χ1v) is 9.27. The standard InChI is InChI=1S/C22H25N3O2/c1-2-19-10-6-7-11-20(19)27-17-22(26)24-13-12-21-23-14-15-25(21)16-18-8-4-3-5-9-18/h3-11,14-15H,2,12-13,16-17H2,1H3,(H,24,26). The predicted molar refractivity (Wildman–Crippen MR) is 106 cm³/mol. The smallest absolute Gasteiger partial charge is 0.257 e. The van der Waals surface area contributed by atoms with Gasteiger partial charge in [-0.1, -0.05) is 55.5 Å². The van der Waals surface area contributed by atoms with E-state index in [1.807, 2.05) is 48.7 Å². The number of nitrogens with one attached hydrogen (secondary N) is 1. The second-order valence-corrected chi connectivity index (χ2v) is 6.31. The number of para-hydroxylation sites is 1. The van der Waals surface area contributed by atoms with Crippen molar-refractivity contribution in [2.75, 3.05) is 13.2 Å². The highest BCUT2D eigenvalue weighted by atomic mass is 16.5. The molecule has 1 heterocycles. The molecule has 5 nitrogen and oxygen atoms in total. The maximum Gasteiger partial charge on any atom is 0.257 e. The largest absolute Gasteiger partial charge is 0.483 e. The minimum absolute atomic E-state index is 0.0233. The molecule has 0 radical (unpaired) electrons. The SMILES string of the molecule is CCc1ccccc1OCC(=O)NCCc1nccn1Cc1ccccc1. The summed E-state index contributed by atoms with van der Waals surface area (Å²) < 4.78 is 7.75. The van der Waals surface area contributed by atoms with Crippen LogP contribution in [0.25, 0.3) is 0 Å². The first-order chi connectivity index (χ1) is 13.3. The van der Waals surface area contributed by atoms with E-state index in [1.165, 1.54) is 5.56 Å². The number of carbonyl (C=O) groups is 1. The molecule has 27 heavy (non-hydrogen) atoms. The molecule has 1 N–H and O–H groups in total. The van der Waals surface area contributed by atoms with E-state index < -0.39 is 0 Å². The molecule has 3 rings (SSSR count). The number of imidazole rings is 1. The summed E-state index contributed by atoms with van der Waals surface area (Å²) in [5, 5.41) is 2.90. The third-order valence-corrected chi connectivity index (χ3v) is 4.38. The Kier molecular flexibility index (Phi) is 6.63. The minimum Gasteiger partial charge on any atom is -0.483 e.